The lowest BCUT2D eigenvalue weighted by Crippen LogP contribution is -2.40. The minimum atomic E-state index is -0.0712. The molecule has 1 fully saturated rings. The molecular weight excluding hydrogens is 316 g/mol. The Bertz CT molecular complexity index is 431. The van der Waals surface area contributed by atoms with Crippen molar-refractivity contribution in [3.8, 4) is 0 Å². The molecule has 1 unspecified atom stereocenters. The average molecular weight is 332 g/mol. The molecule has 0 aliphatic carbocycles. The van der Waals surface area contributed by atoms with Gasteiger partial charge in [0, 0.05) is 22.1 Å². The molecular formula is C13H16BrClN2O. The van der Waals surface area contributed by atoms with Crippen LogP contribution in [0.3, 0.4) is 0 Å². The van der Waals surface area contributed by atoms with Crippen LogP contribution < -0.4 is 10.6 Å². The first-order chi connectivity index (χ1) is 8.66. The maximum atomic E-state index is 12.2. The SMILES string of the molecule is O=C(NC1CCCCNC1)c1cc(Cl)ccc1Br. The zero-order valence-corrected chi connectivity index (χ0v) is 12.4. The van der Waals surface area contributed by atoms with Gasteiger partial charge in [0.15, 0.2) is 0 Å². The van der Waals surface area contributed by atoms with Crippen molar-refractivity contribution < 1.29 is 4.79 Å². The third-order valence-corrected chi connectivity index (χ3v) is 3.98. The van der Waals surface area contributed by atoms with Crippen molar-refractivity contribution in [2.75, 3.05) is 13.1 Å². The molecule has 1 atom stereocenters. The molecule has 1 aromatic rings. The molecule has 1 heterocycles. The summed E-state index contributed by atoms with van der Waals surface area (Å²) in [4.78, 5) is 12.2. The average Bonchev–Trinajstić information content (AvgIpc) is 2.61. The molecule has 98 valence electrons. The van der Waals surface area contributed by atoms with Crippen LogP contribution in [0.15, 0.2) is 22.7 Å². The van der Waals surface area contributed by atoms with E-state index in [1.54, 1.807) is 18.2 Å². The van der Waals surface area contributed by atoms with Crippen LogP contribution in [0.1, 0.15) is 29.6 Å². The van der Waals surface area contributed by atoms with Crippen molar-refractivity contribution in [1.82, 2.24) is 10.6 Å². The summed E-state index contributed by atoms with van der Waals surface area (Å²) in [5.74, 6) is -0.0712. The number of benzene rings is 1. The monoisotopic (exact) mass is 330 g/mol. The van der Waals surface area contributed by atoms with Crippen molar-refractivity contribution in [3.05, 3.63) is 33.3 Å². The summed E-state index contributed by atoms with van der Waals surface area (Å²) in [6.07, 6.45) is 3.35. The van der Waals surface area contributed by atoms with E-state index in [0.29, 0.717) is 10.6 Å². The van der Waals surface area contributed by atoms with Crippen molar-refractivity contribution in [1.29, 1.82) is 0 Å². The van der Waals surface area contributed by atoms with Gasteiger partial charge in [0.1, 0.15) is 0 Å². The number of carbonyl (C=O) groups is 1. The zero-order chi connectivity index (χ0) is 13.0. The minimum absolute atomic E-state index is 0.0712. The van der Waals surface area contributed by atoms with Crippen LogP contribution in [0.2, 0.25) is 5.02 Å². The van der Waals surface area contributed by atoms with Crippen LogP contribution in [0.5, 0.6) is 0 Å². The Morgan fingerprint density at radius 2 is 2.28 bits per heavy atom. The summed E-state index contributed by atoms with van der Waals surface area (Å²) in [5.41, 5.74) is 0.590. The number of nitrogens with one attached hydrogen (secondary N) is 2. The van der Waals surface area contributed by atoms with Crippen LogP contribution in [-0.2, 0) is 0 Å². The fourth-order valence-corrected chi connectivity index (χ4v) is 2.68. The molecule has 18 heavy (non-hydrogen) atoms. The Morgan fingerprint density at radius 1 is 1.44 bits per heavy atom. The highest BCUT2D eigenvalue weighted by Gasteiger charge is 2.17. The lowest BCUT2D eigenvalue weighted by Gasteiger charge is -2.17. The number of hydrogen-bond donors (Lipinski definition) is 2. The van der Waals surface area contributed by atoms with Crippen molar-refractivity contribution in [2.45, 2.75) is 25.3 Å². The van der Waals surface area contributed by atoms with Gasteiger partial charge in [-0.05, 0) is 53.5 Å². The largest absolute Gasteiger partial charge is 0.348 e. The molecule has 0 bridgehead atoms. The first-order valence-electron chi connectivity index (χ1n) is 6.13. The number of carbonyl (C=O) groups excluding carboxylic acids is 1. The van der Waals surface area contributed by atoms with E-state index in [-0.39, 0.29) is 11.9 Å². The molecule has 5 heteroatoms. The van der Waals surface area contributed by atoms with E-state index in [1.807, 2.05) is 0 Å². The highest BCUT2D eigenvalue weighted by Crippen LogP contribution is 2.21. The maximum Gasteiger partial charge on any atom is 0.252 e. The van der Waals surface area contributed by atoms with Gasteiger partial charge in [-0.15, -0.1) is 0 Å². The highest BCUT2D eigenvalue weighted by molar-refractivity contribution is 9.10. The Morgan fingerprint density at radius 3 is 3.11 bits per heavy atom. The maximum absolute atomic E-state index is 12.2. The molecule has 1 aromatic carbocycles. The molecule has 0 radical (unpaired) electrons. The quantitative estimate of drug-likeness (QED) is 0.875. The normalized spacial score (nSPS) is 20.2. The van der Waals surface area contributed by atoms with Crippen LogP contribution in [0, 0.1) is 0 Å². The molecule has 1 aliphatic rings. The summed E-state index contributed by atoms with van der Waals surface area (Å²) in [7, 11) is 0. The van der Waals surface area contributed by atoms with E-state index in [9.17, 15) is 4.79 Å². The van der Waals surface area contributed by atoms with Crippen LogP contribution in [0.4, 0.5) is 0 Å². The van der Waals surface area contributed by atoms with Crippen molar-refractivity contribution in [2.24, 2.45) is 0 Å². The van der Waals surface area contributed by atoms with E-state index in [0.717, 1.165) is 30.4 Å². The van der Waals surface area contributed by atoms with Crippen LogP contribution in [-0.4, -0.2) is 25.0 Å². The van der Waals surface area contributed by atoms with Crippen LogP contribution in [0.25, 0.3) is 0 Å². The van der Waals surface area contributed by atoms with Gasteiger partial charge in [-0.2, -0.15) is 0 Å². The molecule has 2 N–H and O–H groups in total. The lowest BCUT2D eigenvalue weighted by molar-refractivity contribution is 0.0935. The Balaban J connectivity index is 2.04. The van der Waals surface area contributed by atoms with Gasteiger partial charge in [-0.3, -0.25) is 4.79 Å². The lowest BCUT2D eigenvalue weighted by atomic mass is 10.1. The molecule has 0 spiro atoms. The minimum Gasteiger partial charge on any atom is -0.348 e. The Kier molecular flexibility index (Phi) is 5.03. The first-order valence-corrected chi connectivity index (χ1v) is 7.30. The summed E-state index contributed by atoms with van der Waals surface area (Å²) in [6, 6.07) is 5.44. The van der Waals surface area contributed by atoms with Gasteiger partial charge in [0.25, 0.3) is 5.91 Å². The van der Waals surface area contributed by atoms with Gasteiger partial charge < -0.3 is 10.6 Å². The molecule has 1 amide bonds. The van der Waals surface area contributed by atoms with Crippen LogP contribution >= 0.6 is 27.5 Å². The van der Waals surface area contributed by atoms with Gasteiger partial charge in [0.2, 0.25) is 0 Å². The van der Waals surface area contributed by atoms with Gasteiger partial charge in [-0.25, -0.2) is 0 Å². The second-order valence-electron chi connectivity index (χ2n) is 4.49. The Hall–Kier alpha value is -0.580. The third-order valence-electron chi connectivity index (χ3n) is 3.06. The Labute approximate surface area is 120 Å². The topological polar surface area (TPSA) is 41.1 Å². The van der Waals surface area contributed by atoms with E-state index in [4.69, 9.17) is 11.6 Å². The summed E-state index contributed by atoms with van der Waals surface area (Å²) in [6.45, 7) is 1.87. The van der Waals surface area contributed by atoms with Crippen molar-refractivity contribution >= 4 is 33.4 Å². The molecule has 3 nitrogen and oxygen atoms in total. The molecule has 0 aromatic heterocycles. The second kappa shape index (κ2) is 6.55. The smallest absolute Gasteiger partial charge is 0.252 e. The van der Waals surface area contributed by atoms with E-state index in [2.05, 4.69) is 26.6 Å². The summed E-state index contributed by atoms with van der Waals surface area (Å²) >= 11 is 9.29. The number of rotatable bonds is 2. The fourth-order valence-electron chi connectivity index (χ4n) is 2.08. The standard InChI is InChI=1S/C13H16BrClN2O/c14-12-5-4-9(15)7-11(12)13(18)17-10-3-1-2-6-16-8-10/h4-5,7,10,16H,1-3,6,8H2,(H,17,18). The van der Waals surface area contributed by atoms with Gasteiger partial charge in [-0.1, -0.05) is 18.0 Å². The van der Waals surface area contributed by atoms with Gasteiger partial charge in [0.05, 0.1) is 5.56 Å². The number of amides is 1. The van der Waals surface area contributed by atoms with Crippen molar-refractivity contribution in [3.63, 3.8) is 0 Å². The number of halogens is 2. The molecule has 1 saturated heterocycles. The molecule has 2 rings (SSSR count). The number of hydrogen-bond acceptors (Lipinski definition) is 2. The van der Waals surface area contributed by atoms with Gasteiger partial charge >= 0.3 is 0 Å². The second-order valence-corrected chi connectivity index (χ2v) is 5.79. The van der Waals surface area contributed by atoms with E-state index in [1.165, 1.54) is 6.42 Å². The zero-order valence-electron chi connectivity index (χ0n) is 10.0. The third kappa shape index (κ3) is 3.70. The highest BCUT2D eigenvalue weighted by atomic mass is 79.9. The summed E-state index contributed by atoms with van der Waals surface area (Å²) in [5, 5.41) is 6.95. The predicted molar refractivity (Wildman–Crippen MR) is 77.1 cm³/mol. The van der Waals surface area contributed by atoms with E-state index >= 15 is 0 Å². The predicted octanol–water partition coefficient (Wildman–Crippen LogP) is 2.97. The van der Waals surface area contributed by atoms with E-state index < -0.39 is 0 Å². The molecule has 1 aliphatic heterocycles. The first kappa shape index (κ1) is 13.8. The summed E-state index contributed by atoms with van der Waals surface area (Å²) < 4.78 is 0.769. The fraction of sp³-hybridized carbons (Fsp3) is 0.462. The molecule has 0 saturated carbocycles.